The van der Waals surface area contributed by atoms with Crippen molar-refractivity contribution in [2.24, 2.45) is 0 Å². The zero-order chi connectivity index (χ0) is 18.6. The predicted octanol–water partition coefficient (Wildman–Crippen LogP) is 3.86. The van der Waals surface area contributed by atoms with Gasteiger partial charge in [-0.1, -0.05) is 11.6 Å². The molecule has 0 fully saturated rings. The molecule has 0 saturated heterocycles. The van der Waals surface area contributed by atoms with Crippen LogP contribution in [0, 0.1) is 6.92 Å². The largest absolute Gasteiger partial charge is 0.452 e. The Morgan fingerprint density at radius 3 is 2.56 bits per heavy atom. The molecule has 25 heavy (non-hydrogen) atoms. The highest BCUT2D eigenvalue weighted by atomic mass is 35.5. The molecular weight excluding hydrogens is 361 g/mol. The van der Waals surface area contributed by atoms with Crippen LogP contribution in [0.5, 0.6) is 0 Å². The van der Waals surface area contributed by atoms with Crippen LogP contribution in [0.15, 0.2) is 36.5 Å². The molecule has 0 bridgehead atoms. The second kappa shape index (κ2) is 7.52. The van der Waals surface area contributed by atoms with E-state index in [0.717, 1.165) is 6.07 Å². The number of hydrogen-bond acceptors (Lipinski definition) is 4. The summed E-state index contributed by atoms with van der Waals surface area (Å²) in [6.07, 6.45) is -3.42. The van der Waals surface area contributed by atoms with E-state index in [9.17, 15) is 22.8 Å². The van der Waals surface area contributed by atoms with Gasteiger partial charge in [-0.15, -0.1) is 0 Å². The van der Waals surface area contributed by atoms with Crippen LogP contribution in [-0.4, -0.2) is 23.5 Å². The lowest BCUT2D eigenvalue weighted by molar-refractivity contribution is -0.137. The number of amides is 1. The summed E-state index contributed by atoms with van der Waals surface area (Å²) in [5, 5.41) is 1.93. The minimum Gasteiger partial charge on any atom is -0.452 e. The fourth-order valence-electron chi connectivity index (χ4n) is 1.85. The number of halogens is 4. The highest BCUT2D eigenvalue weighted by Gasteiger charge is 2.34. The van der Waals surface area contributed by atoms with Gasteiger partial charge in [-0.25, -0.2) is 4.79 Å². The second-order valence-corrected chi connectivity index (χ2v) is 5.44. The summed E-state index contributed by atoms with van der Waals surface area (Å²) in [5.74, 6) is -1.73. The third-order valence-corrected chi connectivity index (χ3v) is 3.28. The number of carbonyl (C=O) groups excluding carboxylic acids is 2. The van der Waals surface area contributed by atoms with Crippen LogP contribution in [0.4, 0.5) is 18.9 Å². The van der Waals surface area contributed by atoms with Gasteiger partial charge in [0.1, 0.15) is 0 Å². The van der Waals surface area contributed by atoms with Crippen molar-refractivity contribution in [3.8, 4) is 0 Å². The Kier molecular flexibility index (Phi) is 5.63. The van der Waals surface area contributed by atoms with Crippen LogP contribution in [0.3, 0.4) is 0 Å². The van der Waals surface area contributed by atoms with Gasteiger partial charge < -0.3 is 10.1 Å². The van der Waals surface area contributed by atoms with E-state index in [1.165, 1.54) is 18.3 Å². The number of carbonyl (C=O) groups is 2. The molecule has 5 nitrogen and oxygen atoms in total. The van der Waals surface area contributed by atoms with Crippen LogP contribution in [0.25, 0.3) is 0 Å². The lowest BCUT2D eigenvalue weighted by atomic mass is 10.1. The maximum atomic E-state index is 12.9. The molecule has 1 heterocycles. The average Bonchev–Trinajstić information content (AvgIpc) is 2.54. The Morgan fingerprint density at radius 2 is 1.96 bits per heavy atom. The molecule has 2 aromatic rings. The van der Waals surface area contributed by atoms with Crippen LogP contribution in [0.1, 0.15) is 21.6 Å². The van der Waals surface area contributed by atoms with E-state index in [1.807, 2.05) is 5.32 Å². The van der Waals surface area contributed by atoms with E-state index < -0.39 is 35.9 Å². The van der Waals surface area contributed by atoms with Gasteiger partial charge in [-0.3, -0.25) is 9.78 Å². The topological polar surface area (TPSA) is 68.3 Å². The highest BCUT2D eigenvalue weighted by Crippen LogP contribution is 2.36. The van der Waals surface area contributed by atoms with Crippen molar-refractivity contribution in [3.05, 3.63) is 58.4 Å². The van der Waals surface area contributed by atoms with E-state index in [0.29, 0.717) is 11.8 Å². The molecule has 0 unspecified atom stereocenters. The van der Waals surface area contributed by atoms with Crippen LogP contribution < -0.4 is 5.32 Å². The number of esters is 1. The number of benzene rings is 1. The molecular formula is C16H12ClF3N2O3. The average molecular weight is 373 g/mol. The Labute approximate surface area is 145 Å². The van der Waals surface area contributed by atoms with Gasteiger partial charge in [0.05, 0.1) is 16.8 Å². The molecule has 2 rings (SSSR count). The first-order valence-electron chi connectivity index (χ1n) is 6.93. The minimum atomic E-state index is -4.70. The Hall–Kier alpha value is -2.61. The summed E-state index contributed by atoms with van der Waals surface area (Å²) in [6, 6.07) is 5.97. The Morgan fingerprint density at radius 1 is 1.24 bits per heavy atom. The number of hydrogen-bond donors (Lipinski definition) is 1. The van der Waals surface area contributed by atoms with Gasteiger partial charge in [0.25, 0.3) is 5.91 Å². The lowest BCUT2D eigenvalue weighted by Crippen LogP contribution is -2.22. The number of alkyl halides is 3. The summed E-state index contributed by atoms with van der Waals surface area (Å²) in [6.45, 7) is 0.986. The first kappa shape index (κ1) is 18.7. The number of nitrogens with zero attached hydrogens (tertiary/aromatic N) is 1. The molecule has 1 aromatic carbocycles. The van der Waals surface area contributed by atoms with E-state index in [4.69, 9.17) is 16.3 Å². The Balaban J connectivity index is 2.01. The van der Waals surface area contributed by atoms with Gasteiger partial charge in [-0.05, 0) is 37.3 Å². The maximum absolute atomic E-state index is 12.9. The van der Waals surface area contributed by atoms with Crippen LogP contribution in [0.2, 0.25) is 5.02 Å². The van der Waals surface area contributed by atoms with E-state index >= 15 is 0 Å². The summed E-state index contributed by atoms with van der Waals surface area (Å²) in [5.41, 5.74) is -0.755. The summed E-state index contributed by atoms with van der Waals surface area (Å²) >= 11 is 5.55. The van der Waals surface area contributed by atoms with Crippen molar-refractivity contribution >= 4 is 29.2 Å². The molecule has 0 aliphatic carbocycles. The molecule has 1 aromatic heterocycles. The van der Waals surface area contributed by atoms with Crippen molar-refractivity contribution < 1.29 is 27.5 Å². The molecule has 132 valence electrons. The molecule has 1 N–H and O–H groups in total. The summed E-state index contributed by atoms with van der Waals surface area (Å²) in [7, 11) is 0. The second-order valence-electron chi connectivity index (χ2n) is 5.00. The van der Waals surface area contributed by atoms with E-state index in [2.05, 4.69) is 4.98 Å². The van der Waals surface area contributed by atoms with Gasteiger partial charge in [0.15, 0.2) is 6.61 Å². The SMILES string of the molecule is Cc1ccc(C(=O)OCC(=O)Nc2ccc(Cl)cc2C(F)(F)F)cn1. The number of rotatable bonds is 4. The van der Waals surface area contributed by atoms with Crippen molar-refractivity contribution in [2.45, 2.75) is 13.1 Å². The number of ether oxygens (including phenoxy) is 1. The minimum absolute atomic E-state index is 0.122. The standard InChI is InChI=1S/C16H12ClF3N2O3/c1-9-2-3-10(7-21-9)15(24)25-8-14(23)22-13-5-4-11(17)6-12(13)16(18,19)20/h2-7H,8H2,1H3,(H,22,23). The van der Waals surface area contributed by atoms with Crippen molar-refractivity contribution in [3.63, 3.8) is 0 Å². The van der Waals surface area contributed by atoms with Gasteiger partial charge >= 0.3 is 12.1 Å². The fourth-order valence-corrected chi connectivity index (χ4v) is 2.02. The molecule has 0 spiro atoms. The van der Waals surface area contributed by atoms with Crippen LogP contribution in [-0.2, 0) is 15.7 Å². The zero-order valence-corrected chi connectivity index (χ0v) is 13.6. The molecule has 0 radical (unpaired) electrons. The maximum Gasteiger partial charge on any atom is 0.418 e. The smallest absolute Gasteiger partial charge is 0.418 e. The molecule has 0 aliphatic rings. The molecule has 1 amide bonds. The quantitative estimate of drug-likeness (QED) is 0.827. The predicted molar refractivity (Wildman–Crippen MR) is 84.3 cm³/mol. The number of anilines is 1. The van der Waals surface area contributed by atoms with Crippen LogP contribution >= 0.6 is 11.6 Å². The summed E-state index contributed by atoms with van der Waals surface area (Å²) in [4.78, 5) is 27.4. The molecule has 0 saturated carbocycles. The van der Waals surface area contributed by atoms with Gasteiger partial charge in [-0.2, -0.15) is 13.2 Å². The first-order valence-corrected chi connectivity index (χ1v) is 7.31. The monoisotopic (exact) mass is 372 g/mol. The Bertz CT molecular complexity index is 792. The zero-order valence-electron chi connectivity index (χ0n) is 12.9. The van der Waals surface area contributed by atoms with Crippen molar-refractivity contribution in [1.29, 1.82) is 0 Å². The van der Waals surface area contributed by atoms with Crippen molar-refractivity contribution in [2.75, 3.05) is 11.9 Å². The number of nitrogens with one attached hydrogen (secondary N) is 1. The van der Waals surface area contributed by atoms with E-state index in [1.54, 1.807) is 13.0 Å². The fraction of sp³-hybridized carbons (Fsp3) is 0.188. The normalized spacial score (nSPS) is 11.1. The molecule has 9 heteroatoms. The van der Waals surface area contributed by atoms with Gasteiger partial charge in [0.2, 0.25) is 0 Å². The number of aromatic nitrogens is 1. The van der Waals surface area contributed by atoms with E-state index in [-0.39, 0.29) is 10.6 Å². The van der Waals surface area contributed by atoms with Crippen molar-refractivity contribution in [1.82, 2.24) is 4.98 Å². The lowest BCUT2D eigenvalue weighted by Gasteiger charge is -2.14. The third-order valence-electron chi connectivity index (χ3n) is 3.04. The number of aryl methyl sites for hydroxylation is 1. The third kappa shape index (κ3) is 5.18. The molecule has 0 aliphatic heterocycles. The van der Waals surface area contributed by atoms with Gasteiger partial charge in [0, 0.05) is 16.9 Å². The molecule has 0 atom stereocenters. The highest BCUT2D eigenvalue weighted by molar-refractivity contribution is 6.30. The summed E-state index contributed by atoms with van der Waals surface area (Å²) < 4.78 is 43.6. The first-order chi connectivity index (χ1) is 11.7. The number of pyridine rings is 1.